The number of furan rings is 1. The lowest BCUT2D eigenvalue weighted by molar-refractivity contribution is 0.0360. The summed E-state index contributed by atoms with van der Waals surface area (Å²) >= 11 is 3.42. The van der Waals surface area contributed by atoms with Crippen LogP contribution in [0.15, 0.2) is 57.4 Å². The van der Waals surface area contributed by atoms with E-state index in [0.717, 1.165) is 26.6 Å². The first-order chi connectivity index (χ1) is 9.95. The second-order valence-corrected chi connectivity index (χ2v) is 6.60. The van der Waals surface area contributed by atoms with Crippen molar-refractivity contribution in [3.63, 3.8) is 0 Å². The predicted octanol–water partition coefficient (Wildman–Crippen LogP) is 4.95. The van der Waals surface area contributed by atoms with E-state index in [0.29, 0.717) is 12.2 Å². The highest BCUT2D eigenvalue weighted by Crippen LogP contribution is 2.32. The van der Waals surface area contributed by atoms with E-state index in [1.807, 2.05) is 55.5 Å². The third-order valence-corrected chi connectivity index (χ3v) is 4.26. The molecule has 0 aliphatic rings. The second-order valence-electron chi connectivity index (χ2n) is 5.68. The van der Waals surface area contributed by atoms with Gasteiger partial charge in [0.1, 0.15) is 16.9 Å². The standard InChI is InChI=1S/C18H17BrO2/c1-12-4-3-5-14-10-16(21-17(12)14)18(2,20)11-13-6-8-15(19)9-7-13/h3-10,20H,11H2,1-2H3. The van der Waals surface area contributed by atoms with Gasteiger partial charge in [-0.2, -0.15) is 0 Å². The molecule has 1 atom stereocenters. The fraction of sp³-hybridized carbons (Fsp3) is 0.222. The summed E-state index contributed by atoms with van der Waals surface area (Å²) in [6.45, 7) is 3.81. The fourth-order valence-corrected chi connectivity index (χ4v) is 2.83. The van der Waals surface area contributed by atoms with Crippen LogP contribution >= 0.6 is 15.9 Å². The lowest BCUT2D eigenvalue weighted by Gasteiger charge is -2.20. The van der Waals surface area contributed by atoms with Gasteiger partial charge in [-0.3, -0.25) is 0 Å². The molecule has 2 nitrogen and oxygen atoms in total. The predicted molar refractivity (Wildman–Crippen MR) is 88.4 cm³/mol. The lowest BCUT2D eigenvalue weighted by Crippen LogP contribution is -2.23. The van der Waals surface area contributed by atoms with Crippen molar-refractivity contribution in [3.8, 4) is 0 Å². The molecule has 3 aromatic rings. The Bertz CT molecular complexity index is 770. The van der Waals surface area contributed by atoms with E-state index in [4.69, 9.17) is 4.42 Å². The number of hydrogen-bond donors (Lipinski definition) is 1. The molecule has 3 heteroatoms. The topological polar surface area (TPSA) is 33.4 Å². The molecule has 1 heterocycles. The van der Waals surface area contributed by atoms with Crippen LogP contribution < -0.4 is 0 Å². The minimum Gasteiger partial charge on any atom is -0.458 e. The van der Waals surface area contributed by atoms with Crippen molar-refractivity contribution in [3.05, 3.63) is 69.9 Å². The molecule has 0 saturated carbocycles. The molecule has 3 rings (SSSR count). The summed E-state index contributed by atoms with van der Waals surface area (Å²) in [4.78, 5) is 0. The van der Waals surface area contributed by atoms with Gasteiger partial charge in [-0.05, 0) is 43.2 Å². The zero-order valence-electron chi connectivity index (χ0n) is 12.1. The molecule has 1 N–H and O–H groups in total. The smallest absolute Gasteiger partial charge is 0.137 e. The first-order valence-electron chi connectivity index (χ1n) is 6.92. The zero-order valence-corrected chi connectivity index (χ0v) is 13.6. The van der Waals surface area contributed by atoms with Crippen LogP contribution in [0.3, 0.4) is 0 Å². The Labute approximate surface area is 132 Å². The van der Waals surface area contributed by atoms with Gasteiger partial charge in [0.15, 0.2) is 0 Å². The van der Waals surface area contributed by atoms with E-state index in [1.165, 1.54) is 0 Å². The van der Waals surface area contributed by atoms with Crippen molar-refractivity contribution in [2.75, 3.05) is 0 Å². The van der Waals surface area contributed by atoms with E-state index in [1.54, 1.807) is 6.92 Å². The molecule has 0 bridgehead atoms. The SMILES string of the molecule is Cc1cccc2cc(C(C)(O)Cc3ccc(Br)cc3)oc12. The van der Waals surface area contributed by atoms with Gasteiger partial charge in [-0.25, -0.2) is 0 Å². The highest BCUT2D eigenvalue weighted by molar-refractivity contribution is 9.10. The average molecular weight is 345 g/mol. The van der Waals surface area contributed by atoms with Crippen LogP contribution in [0, 0.1) is 6.92 Å². The molecule has 0 saturated heterocycles. The molecule has 1 unspecified atom stereocenters. The van der Waals surface area contributed by atoms with Gasteiger partial charge in [-0.1, -0.05) is 46.3 Å². The van der Waals surface area contributed by atoms with Gasteiger partial charge >= 0.3 is 0 Å². The monoisotopic (exact) mass is 344 g/mol. The Morgan fingerprint density at radius 1 is 1.14 bits per heavy atom. The quantitative estimate of drug-likeness (QED) is 0.728. The minimum atomic E-state index is -1.03. The largest absolute Gasteiger partial charge is 0.458 e. The molecule has 0 fully saturated rings. The summed E-state index contributed by atoms with van der Waals surface area (Å²) in [5.74, 6) is 0.606. The molecule has 1 aromatic heterocycles. The summed E-state index contributed by atoms with van der Waals surface area (Å²) in [7, 11) is 0. The second kappa shape index (κ2) is 5.32. The summed E-state index contributed by atoms with van der Waals surface area (Å²) in [5, 5.41) is 11.8. The van der Waals surface area contributed by atoms with Gasteiger partial charge in [-0.15, -0.1) is 0 Å². The number of para-hydroxylation sites is 1. The van der Waals surface area contributed by atoms with Gasteiger partial charge in [0.2, 0.25) is 0 Å². The number of benzene rings is 2. The Morgan fingerprint density at radius 3 is 2.52 bits per heavy atom. The number of halogens is 1. The van der Waals surface area contributed by atoms with Crippen LogP contribution in [0.5, 0.6) is 0 Å². The number of aryl methyl sites for hydroxylation is 1. The number of fused-ring (bicyclic) bond motifs is 1. The van der Waals surface area contributed by atoms with Crippen LogP contribution in [-0.2, 0) is 12.0 Å². The Kier molecular flexibility index (Phi) is 3.64. The molecule has 21 heavy (non-hydrogen) atoms. The summed E-state index contributed by atoms with van der Waals surface area (Å²) < 4.78 is 6.93. The van der Waals surface area contributed by atoms with Crippen LogP contribution in [0.4, 0.5) is 0 Å². The Hall–Kier alpha value is -1.58. The van der Waals surface area contributed by atoms with E-state index in [2.05, 4.69) is 15.9 Å². The van der Waals surface area contributed by atoms with E-state index >= 15 is 0 Å². The molecule has 0 radical (unpaired) electrons. The average Bonchev–Trinajstić information content (AvgIpc) is 2.88. The highest BCUT2D eigenvalue weighted by atomic mass is 79.9. The maximum absolute atomic E-state index is 10.8. The van der Waals surface area contributed by atoms with Crippen LogP contribution in [0.2, 0.25) is 0 Å². The first kappa shape index (κ1) is 14.4. The maximum atomic E-state index is 10.8. The Balaban J connectivity index is 1.95. The molecule has 0 spiro atoms. The first-order valence-corrected chi connectivity index (χ1v) is 7.71. The lowest BCUT2D eigenvalue weighted by atomic mass is 9.94. The third-order valence-electron chi connectivity index (χ3n) is 3.73. The third kappa shape index (κ3) is 2.89. The molecule has 0 aliphatic carbocycles. The van der Waals surface area contributed by atoms with E-state index in [9.17, 15) is 5.11 Å². The van der Waals surface area contributed by atoms with Crippen molar-refractivity contribution in [2.45, 2.75) is 25.9 Å². The summed E-state index contributed by atoms with van der Waals surface area (Å²) in [6.07, 6.45) is 0.513. The van der Waals surface area contributed by atoms with Crippen LogP contribution in [0.1, 0.15) is 23.8 Å². The van der Waals surface area contributed by atoms with Crippen molar-refractivity contribution in [1.29, 1.82) is 0 Å². The van der Waals surface area contributed by atoms with Crippen molar-refractivity contribution in [1.82, 2.24) is 0 Å². The van der Waals surface area contributed by atoms with Crippen LogP contribution in [-0.4, -0.2) is 5.11 Å². The van der Waals surface area contributed by atoms with Crippen molar-refractivity contribution in [2.24, 2.45) is 0 Å². The van der Waals surface area contributed by atoms with Crippen molar-refractivity contribution >= 4 is 26.9 Å². The Morgan fingerprint density at radius 2 is 1.86 bits per heavy atom. The van der Waals surface area contributed by atoms with E-state index in [-0.39, 0.29) is 0 Å². The molecule has 0 amide bonds. The normalized spacial score (nSPS) is 14.3. The van der Waals surface area contributed by atoms with Gasteiger partial charge in [0, 0.05) is 16.3 Å². The molecule has 0 aliphatic heterocycles. The molecular weight excluding hydrogens is 328 g/mol. The van der Waals surface area contributed by atoms with Gasteiger partial charge < -0.3 is 9.52 Å². The summed E-state index contributed by atoms with van der Waals surface area (Å²) in [5.41, 5.74) is 1.97. The number of aliphatic hydroxyl groups is 1. The maximum Gasteiger partial charge on any atom is 0.137 e. The minimum absolute atomic E-state index is 0.513. The number of hydrogen-bond acceptors (Lipinski definition) is 2. The highest BCUT2D eigenvalue weighted by Gasteiger charge is 2.28. The molecular formula is C18H17BrO2. The van der Waals surface area contributed by atoms with Crippen LogP contribution in [0.25, 0.3) is 11.0 Å². The number of rotatable bonds is 3. The van der Waals surface area contributed by atoms with Crippen molar-refractivity contribution < 1.29 is 9.52 Å². The molecule has 108 valence electrons. The summed E-state index contributed by atoms with van der Waals surface area (Å²) in [6, 6.07) is 15.9. The van der Waals surface area contributed by atoms with E-state index < -0.39 is 5.60 Å². The fourth-order valence-electron chi connectivity index (χ4n) is 2.56. The van der Waals surface area contributed by atoms with Gasteiger partial charge in [0.05, 0.1) is 0 Å². The zero-order chi connectivity index (χ0) is 15.0. The van der Waals surface area contributed by atoms with Gasteiger partial charge in [0.25, 0.3) is 0 Å². The molecule has 2 aromatic carbocycles.